The summed E-state index contributed by atoms with van der Waals surface area (Å²) in [6.07, 6.45) is 18.4. The maximum Gasteiger partial charge on any atom is 0.202 e. The summed E-state index contributed by atoms with van der Waals surface area (Å²) >= 11 is 6.24. The number of hydrogen-bond acceptors (Lipinski definition) is 26. The molecule has 1 atom stereocenters. The number of aromatic nitrogens is 12. The molecule has 33 nitrogen and oxygen atoms in total. The molecule has 0 saturated carbocycles. The lowest BCUT2D eigenvalue weighted by atomic mass is 9.99. The van der Waals surface area contributed by atoms with Crippen molar-refractivity contribution in [3.05, 3.63) is 194 Å². The first kappa shape index (κ1) is 100. The monoisotopic (exact) mass is 1800 g/mol. The summed E-state index contributed by atoms with van der Waals surface area (Å²) in [4.78, 5) is 152. The van der Waals surface area contributed by atoms with Gasteiger partial charge in [-0.2, -0.15) is 0 Å². The Labute approximate surface area is 757 Å². The third-order valence-electron chi connectivity index (χ3n) is 22.0. The molecule has 8 heterocycles. The Balaban J connectivity index is 0.472. The van der Waals surface area contributed by atoms with Gasteiger partial charge in [0, 0.05) is 185 Å². The number of nitrogens with zero attached hydrogens (tertiary/aromatic N) is 14. The predicted octanol–water partition coefficient (Wildman–Crippen LogP) is 10.9. The van der Waals surface area contributed by atoms with Crippen molar-refractivity contribution in [2.24, 2.45) is 47.3 Å². The van der Waals surface area contributed by atoms with Crippen LogP contribution in [0.5, 0.6) is 5.75 Å². The minimum atomic E-state index is -0.555. The second-order valence-electron chi connectivity index (χ2n) is 32.5. The highest BCUT2D eigenvalue weighted by atomic mass is 35.5. The number of aliphatic imine (C=N–C) groups is 1. The van der Waals surface area contributed by atoms with Crippen molar-refractivity contribution in [3.8, 4) is 11.4 Å². The highest BCUT2D eigenvalue weighted by molar-refractivity contribution is 6.30. The van der Waals surface area contributed by atoms with E-state index in [0.29, 0.717) is 230 Å². The van der Waals surface area contributed by atoms with Crippen LogP contribution in [0.4, 0.5) is 0 Å². The molecular weight excluding hydrogens is 1680 g/mol. The van der Waals surface area contributed by atoms with E-state index in [0.717, 1.165) is 49.2 Å². The number of carbonyl (C=O) groups is 10. The van der Waals surface area contributed by atoms with Crippen molar-refractivity contribution in [2.45, 2.75) is 148 Å². The van der Waals surface area contributed by atoms with Crippen LogP contribution < -0.4 is 4.74 Å². The van der Waals surface area contributed by atoms with Gasteiger partial charge in [0.05, 0.1) is 159 Å². The van der Waals surface area contributed by atoms with Crippen molar-refractivity contribution >= 4 is 75.1 Å². The minimum Gasteiger partial charge on any atom is -0.497 e. The molecule has 0 fully saturated rings. The van der Waals surface area contributed by atoms with E-state index in [4.69, 9.17) is 59.2 Å². The highest BCUT2D eigenvalue weighted by Gasteiger charge is 2.31. The van der Waals surface area contributed by atoms with Gasteiger partial charge in [-0.1, -0.05) is 23.7 Å². The van der Waals surface area contributed by atoms with E-state index in [1.165, 1.54) is 0 Å². The van der Waals surface area contributed by atoms with E-state index in [9.17, 15) is 47.9 Å². The van der Waals surface area contributed by atoms with Crippen molar-refractivity contribution in [2.75, 3.05) is 133 Å². The summed E-state index contributed by atoms with van der Waals surface area (Å²) in [5.74, 6) is 1.54. The molecule has 0 saturated heterocycles. The molecule has 1 aliphatic rings. The number of ether oxygens (including phenoxy) is 9. The molecule has 0 spiro atoms. The van der Waals surface area contributed by atoms with E-state index >= 15 is 0 Å². The number of ketones is 10. The summed E-state index contributed by atoms with van der Waals surface area (Å²) in [5.41, 5.74) is 7.45. The fraction of sp³-hybridized carbons (Fsp3) is 0.516. The van der Waals surface area contributed by atoms with Crippen molar-refractivity contribution in [3.63, 3.8) is 0 Å². The molecule has 129 heavy (non-hydrogen) atoms. The number of methoxy groups -OCH3 is 1. The maximum atomic E-state index is 13.6. The number of rotatable bonds is 66. The molecule has 0 unspecified atom stereocenters. The average Bonchev–Trinajstić information content (AvgIpc) is 1.61. The number of imidazole rings is 3. The van der Waals surface area contributed by atoms with Crippen LogP contribution in [0.15, 0.2) is 109 Å². The Kier molecular flexibility index (Phi) is 40.5. The normalized spacial score (nSPS) is 12.5. The SMILES string of the molecule is COc1ccc2c(c1)C(c1ccc(Cl)cc1)=N[C@@H](CC(=O)CCCOCCOCCOCCOCCOCCOCCOCCOCCC(=O)CCCCN(C)CCCCC(=O)c1cc(CC(=O)c3nc(CC(=O)CCCC(=O)c4cc(CC(=O)c5nc(CC(=O)CCCC(=O)c6cc(CC(=O)c7nccn7C)cn6C)cn5C)cn4C)cn3C)cn1C)c1nnc(C)n1-2. The number of carbonyl (C=O) groups excluding carboxylic acids is 10. The van der Waals surface area contributed by atoms with E-state index < -0.39 is 6.04 Å². The summed E-state index contributed by atoms with van der Waals surface area (Å²) in [5, 5.41) is 9.45. The number of halogens is 1. The number of hydrogen-bond donors (Lipinski definition) is 0. The molecule has 694 valence electrons. The Morgan fingerprint density at radius 1 is 0.411 bits per heavy atom. The molecule has 9 aromatic rings. The third-order valence-corrected chi connectivity index (χ3v) is 22.3. The van der Waals surface area contributed by atoms with Gasteiger partial charge in [-0.3, -0.25) is 57.5 Å². The van der Waals surface area contributed by atoms with Crippen molar-refractivity contribution in [1.29, 1.82) is 0 Å². The van der Waals surface area contributed by atoms with Gasteiger partial charge in [-0.15, -0.1) is 10.2 Å². The molecule has 0 amide bonds. The zero-order valence-electron chi connectivity index (χ0n) is 75.9. The van der Waals surface area contributed by atoms with Crippen LogP contribution in [0.25, 0.3) is 5.69 Å². The van der Waals surface area contributed by atoms with Gasteiger partial charge in [-0.05, 0) is 137 Å². The van der Waals surface area contributed by atoms with Crippen LogP contribution >= 0.6 is 11.6 Å². The molecule has 2 aromatic carbocycles. The first-order valence-corrected chi connectivity index (χ1v) is 44.7. The van der Waals surface area contributed by atoms with E-state index in [1.807, 2.05) is 61.0 Å². The van der Waals surface area contributed by atoms with Gasteiger partial charge in [0.25, 0.3) is 0 Å². The summed E-state index contributed by atoms with van der Waals surface area (Å²) in [7, 11) is 14.0. The summed E-state index contributed by atoms with van der Waals surface area (Å²) in [6.45, 7) is 10.2. The van der Waals surface area contributed by atoms with Gasteiger partial charge in [-0.25, -0.2) is 15.0 Å². The van der Waals surface area contributed by atoms with E-state index in [-0.39, 0.29) is 140 Å². The van der Waals surface area contributed by atoms with Crippen LogP contribution in [-0.2, 0) is 131 Å². The molecule has 0 radical (unpaired) electrons. The quantitative estimate of drug-likeness (QED) is 0.0252. The van der Waals surface area contributed by atoms with Crippen LogP contribution in [0.3, 0.4) is 0 Å². The van der Waals surface area contributed by atoms with Gasteiger partial charge < -0.3 is 74.9 Å². The predicted molar refractivity (Wildman–Crippen MR) is 481 cm³/mol. The molecule has 0 N–H and O–H groups in total. The Morgan fingerprint density at radius 2 is 0.837 bits per heavy atom. The van der Waals surface area contributed by atoms with E-state index in [2.05, 4.69) is 30.0 Å². The van der Waals surface area contributed by atoms with Gasteiger partial charge in [0.1, 0.15) is 40.7 Å². The smallest absolute Gasteiger partial charge is 0.202 e. The molecule has 34 heteroatoms. The highest BCUT2D eigenvalue weighted by Crippen LogP contribution is 2.35. The third kappa shape index (κ3) is 31.8. The Morgan fingerprint density at radius 3 is 1.29 bits per heavy atom. The Hall–Kier alpha value is -10.8. The summed E-state index contributed by atoms with van der Waals surface area (Å²) < 4.78 is 62.4. The average molecular weight is 1800 g/mol. The van der Waals surface area contributed by atoms with Crippen LogP contribution in [0, 0.1) is 6.92 Å². The molecule has 0 bridgehead atoms. The number of Topliss-reactive ketones (excluding diaryl/α,β-unsaturated/α-hetero) is 10. The zero-order chi connectivity index (χ0) is 92.1. The molecular formula is C95H123ClN14O19. The first-order valence-electron chi connectivity index (χ1n) is 44.3. The lowest BCUT2D eigenvalue weighted by Gasteiger charge is -2.16. The second-order valence-corrected chi connectivity index (χ2v) is 32.9. The molecule has 1 aliphatic heterocycles. The van der Waals surface area contributed by atoms with Crippen LogP contribution in [0.1, 0.15) is 223 Å². The zero-order valence-corrected chi connectivity index (χ0v) is 76.6. The van der Waals surface area contributed by atoms with E-state index in [1.54, 1.807) is 138 Å². The van der Waals surface area contributed by atoms with Crippen molar-refractivity contribution in [1.82, 2.24) is 62.0 Å². The fourth-order valence-corrected chi connectivity index (χ4v) is 15.5. The Bertz CT molecular complexity index is 5270. The standard InChI is InChI=1S/C95H123ClN14O19/c1-66-101-102-92-80(100-91(70-24-26-71(96)27-25-70)79-60-78(121-9)28-29-81(79)110(66)92)59-77(114)20-16-35-122-37-39-124-41-43-126-45-47-128-49-50-129-48-46-127-44-42-125-40-38-123-36-30-74(111)17-10-12-32-103(2)33-13-11-21-85(115)82-52-68(62-105(82)4)55-89(119)94-98-72(64-108(94)7)57-76(113)19-15-23-87(117)84-53-69(63-107(84)6)56-90(120)95-99-73(65-109(95)8)58-75(112)18-14-22-86(116)83-51-67(61-106(83)5)54-88(118)93-97-31-34-104(93)3/h24-29,31,34,51-53,60-65,80H,10-23,30,32-33,35-50,54-59H2,1-9H3/t80-/m0/s1. The molecule has 7 aromatic heterocycles. The van der Waals surface area contributed by atoms with Gasteiger partial charge in [0.15, 0.2) is 40.6 Å². The minimum absolute atomic E-state index is 0.00992. The number of benzene rings is 2. The lowest BCUT2D eigenvalue weighted by Crippen LogP contribution is -2.21. The second kappa shape index (κ2) is 52.1. The molecule has 0 aliphatic carbocycles. The van der Waals surface area contributed by atoms with Crippen LogP contribution in [-0.4, -0.2) is 259 Å². The largest absolute Gasteiger partial charge is 0.497 e. The number of fused-ring (bicyclic) bond motifs is 3. The topological polar surface area (TPSA) is 368 Å². The van der Waals surface area contributed by atoms with Gasteiger partial charge in [0.2, 0.25) is 17.3 Å². The fourth-order valence-electron chi connectivity index (χ4n) is 15.4. The number of unbranched alkanes of at least 4 members (excludes halogenated alkanes) is 2. The lowest BCUT2D eigenvalue weighted by molar-refractivity contribution is -0.121. The van der Waals surface area contributed by atoms with Crippen LogP contribution in [0.2, 0.25) is 5.02 Å². The van der Waals surface area contributed by atoms with Gasteiger partial charge >= 0.3 is 0 Å². The van der Waals surface area contributed by atoms with Crippen molar-refractivity contribution < 1.29 is 90.6 Å². The summed E-state index contributed by atoms with van der Waals surface area (Å²) in [6, 6.07) is 17.8. The first-order chi connectivity index (χ1) is 62.3. The molecule has 10 rings (SSSR count). The number of aryl methyl sites for hydroxylation is 7. The maximum absolute atomic E-state index is 13.6.